The van der Waals surface area contributed by atoms with Crippen LogP contribution in [0.3, 0.4) is 0 Å². The highest BCUT2D eigenvalue weighted by molar-refractivity contribution is 8.24. The minimum Gasteiger partial charge on any atom is -0.356 e. The highest BCUT2D eigenvalue weighted by Crippen LogP contribution is 2.54. The number of aromatic nitrogens is 6. The van der Waals surface area contributed by atoms with Gasteiger partial charge >= 0.3 is 0 Å². The molecule has 2 atom stereocenters. The maximum atomic E-state index is 14.2. The van der Waals surface area contributed by atoms with Gasteiger partial charge in [0.15, 0.2) is 5.03 Å². The summed E-state index contributed by atoms with van der Waals surface area (Å²) in [6.07, 6.45) is 8.33. The average molecular weight is 470 g/mol. The van der Waals surface area contributed by atoms with E-state index in [2.05, 4.69) is 29.9 Å². The molecule has 6 rings (SSSR count). The van der Waals surface area contributed by atoms with Crippen LogP contribution in [0.15, 0.2) is 48.1 Å². The molecule has 0 radical (unpaired) electrons. The molecule has 0 spiro atoms. The van der Waals surface area contributed by atoms with E-state index in [1.807, 2.05) is 30.6 Å². The molecule has 0 amide bonds. The van der Waals surface area contributed by atoms with Gasteiger partial charge in [-0.3, -0.25) is 13.8 Å². The van der Waals surface area contributed by atoms with Crippen molar-refractivity contribution in [3.63, 3.8) is 0 Å². The second-order valence-electron chi connectivity index (χ2n) is 8.64. The van der Waals surface area contributed by atoms with E-state index in [1.54, 1.807) is 10.9 Å². The Hall–Kier alpha value is -3.02. The molecule has 4 aromatic heterocycles. The Bertz CT molecular complexity index is 1320. The highest BCUT2D eigenvalue weighted by Gasteiger charge is 2.34. The van der Waals surface area contributed by atoms with Gasteiger partial charge in [0.25, 0.3) is 0 Å². The summed E-state index contributed by atoms with van der Waals surface area (Å²) >= 11 is 0. The Kier molecular flexibility index (Phi) is 4.86. The molecule has 172 valence electrons. The summed E-state index contributed by atoms with van der Waals surface area (Å²) in [6.45, 7) is 0.835. The number of H-pyrrole nitrogens is 1. The third kappa shape index (κ3) is 3.47. The summed E-state index contributed by atoms with van der Waals surface area (Å²) in [4.78, 5) is 18.4. The first-order valence-corrected chi connectivity index (χ1v) is 12.6. The molecule has 0 aromatic carbocycles. The minimum atomic E-state index is -2.79. The Morgan fingerprint density at radius 2 is 2.15 bits per heavy atom. The van der Waals surface area contributed by atoms with Crippen LogP contribution in [-0.2, 0) is 6.42 Å². The molecule has 0 saturated carbocycles. The monoisotopic (exact) mass is 469 g/mol. The van der Waals surface area contributed by atoms with E-state index in [0.717, 1.165) is 40.8 Å². The van der Waals surface area contributed by atoms with Crippen LogP contribution in [-0.4, -0.2) is 64.3 Å². The van der Waals surface area contributed by atoms with Crippen molar-refractivity contribution in [1.82, 2.24) is 29.7 Å². The standard InChI is InChI=1S/C22H24FN7O2S/c23-9-18(30-12-16(10-27-30)20-17-3-6-24-21(17)26-13-25-20)15-4-7-29(11-15)19-2-1-14-5-8-33(31,32)22(14)28-19/h1-3,6,10,12-13,15,18,31-32H,4-5,7-9,11H2,(H,24,25,26)/t15-,18?/m0/s1. The molecule has 4 aromatic rings. The number of halogens is 1. The van der Waals surface area contributed by atoms with Crippen molar-refractivity contribution in [2.45, 2.75) is 23.9 Å². The van der Waals surface area contributed by atoms with Gasteiger partial charge in [-0.2, -0.15) is 15.7 Å². The summed E-state index contributed by atoms with van der Waals surface area (Å²) in [6, 6.07) is 5.38. The Morgan fingerprint density at radius 1 is 1.24 bits per heavy atom. The van der Waals surface area contributed by atoms with Crippen molar-refractivity contribution >= 4 is 27.4 Å². The summed E-state index contributed by atoms with van der Waals surface area (Å²) < 4.78 is 36.5. The first kappa shape index (κ1) is 20.6. The van der Waals surface area contributed by atoms with Crippen molar-refractivity contribution < 1.29 is 13.5 Å². The summed E-state index contributed by atoms with van der Waals surface area (Å²) in [5, 5.41) is 5.79. The first-order chi connectivity index (χ1) is 16.0. The van der Waals surface area contributed by atoms with Crippen molar-refractivity contribution in [2.75, 3.05) is 30.4 Å². The number of aromatic amines is 1. The van der Waals surface area contributed by atoms with Crippen molar-refractivity contribution in [3.05, 3.63) is 48.7 Å². The number of anilines is 1. The number of aryl methyl sites for hydroxylation is 1. The molecule has 0 aliphatic carbocycles. The fraction of sp³-hybridized carbons (Fsp3) is 0.364. The number of pyridine rings is 1. The van der Waals surface area contributed by atoms with Gasteiger partial charge in [0.05, 0.1) is 17.9 Å². The first-order valence-electron chi connectivity index (χ1n) is 10.9. The quantitative estimate of drug-likeness (QED) is 0.406. The van der Waals surface area contributed by atoms with Gasteiger partial charge in [-0.1, -0.05) is 6.07 Å². The highest BCUT2D eigenvalue weighted by atomic mass is 32.3. The maximum absolute atomic E-state index is 14.2. The lowest BCUT2D eigenvalue weighted by Crippen LogP contribution is -2.26. The Morgan fingerprint density at radius 3 is 3.03 bits per heavy atom. The molecule has 9 nitrogen and oxygen atoms in total. The largest absolute Gasteiger partial charge is 0.356 e. The van der Waals surface area contributed by atoms with Crippen LogP contribution in [0.4, 0.5) is 10.2 Å². The number of nitrogens with one attached hydrogen (secondary N) is 1. The second-order valence-corrected chi connectivity index (χ2v) is 10.8. The molecular weight excluding hydrogens is 445 g/mol. The van der Waals surface area contributed by atoms with Gasteiger partial charge < -0.3 is 9.88 Å². The smallest absolute Gasteiger partial charge is 0.152 e. The lowest BCUT2D eigenvalue weighted by atomic mass is 10.0. The van der Waals surface area contributed by atoms with E-state index < -0.39 is 23.3 Å². The van der Waals surface area contributed by atoms with E-state index >= 15 is 0 Å². The molecule has 1 fully saturated rings. The normalized spacial score (nSPS) is 21.4. The fourth-order valence-corrected chi connectivity index (χ4v) is 6.45. The zero-order valence-corrected chi connectivity index (χ0v) is 18.6. The van der Waals surface area contributed by atoms with E-state index in [1.165, 1.54) is 6.33 Å². The van der Waals surface area contributed by atoms with Gasteiger partial charge in [-0.25, -0.2) is 19.3 Å². The molecule has 1 saturated heterocycles. The Balaban J connectivity index is 1.23. The SMILES string of the molecule is OS1(O)CCc2ccc(N3CC[C@H](C(CF)n4cc(-c5ncnc6[nH]ccc56)cn4)C3)nc21. The summed E-state index contributed by atoms with van der Waals surface area (Å²) in [5.74, 6) is 1.11. The van der Waals surface area contributed by atoms with Crippen molar-refractivity contribution in [3.8, 4) is 11.3 Å². The fourth-order valence-electron chi connectivity index (χ4n) is 4.92. The zero-order valence-electron chi connectivity index (χ0n) is 17.8. The summed E-state index contributed by atoms with van der Waals surface area (Å²) in [5.41, 5.74) is 3.24. The van der Waals surface area contributed by atoms with Gasteiger partial charge in [0, 0.05) is 48.1 Å². The van der Waals surface area contributed by atoms with Gasteiger partial charge in [-0.05, 0) is 30.5 Å². The van der Waals surface area contributed by atoms with Crippen LogP contribution in [0.1, 0.15) is 18.0 Å². The number of nitrogens with zero attached hydrogens (tertiary/aromatic N) is 6. The maximum Gasteiger partial charge on any atom is 0.152 e. The van der Waals surface area contributed by atoms with Crippen LogP contribution in [0.25, 0.3) is 22.3 Å². The zero-order chi connectivity index (χ0) is 22.6. The molecule has 2 aliphatic rings. The van der Waals surface area contributed by atoms with E-state index in [9.17, 15) is 13.5 Å². The molecule has 3 N–H and O–H groups in total. The molecule has 2 aliphatic heterocycles. The number of fused-ring (bicyclic) bond motifs is 2. The topological polar surface area (TPSA) is 116 Å². The molecule has 1 unspecified atom stereocenters. The van der Waals surface area contributed by atoms with E-state index in [4.69, 9.17) is 0 Å². The number of rotatable bonds is 5. The lowest BCUT2D eigenvalue weighted by Gasteiger charge is -2.27. The minimum absolute atomic E-state index is 0.0517. The number of alkyl halides is 1. The van der Waals surface area contributed by atoms with Crippen LogP contribution in [0.5, 0.6) is 0 Å². The van der Waals surface area contributed by atoms with E-state index in [0.29, 0.717) is 29.6 Å². The molecule has 0 bridgehead atoms. The van der Waals surface area contributed by atoms with Crippen molar-refractivity contribution in [2.24, 2.45) is 5.92 Å². The number of hydrogen-bond donors (Lipinski definition) is 3. The lowest BCUT2D eigenvalue weighted by molar-refractivity contribution is 0.257. The van der Waals surface area contributed by atoms with Crippen LogP contribution < -0.4 is 4.90 Å². The van der Waals surface area contributed by atoms with Crippen LogP contribution in [0.2, 0.25) is 0 Å². The molecule has 6 heterocycles. The molecule has 33 heavy (non-hydrogen) atoms. The molecule has 11 heteroatoms. The predicted octanol–water partition coefficient (Wildman–Crippen LogP) is 3.92. The summed E-state index contributed by atoms with van der Waals surface area (Å²) in [7, 11) is -2.79. The third-order valence-electron chi connectivity index (χ3n) is 6.71. The van der Waals surface area contributed by atoms with E-state index in [-0.39, 0.29) is 5.92 Å². The average Bonchev–Trinajstić information content (AvgIpc) is 3.61. The van der Waals surface area contributed by atoms with Crippen LogP contribution in [0, 0.1) is 5.92 Å². The third-order valence-corrected chi connectivity index (χ3v) is 8.46. The van der Waals surface area contributed by atoms with Gasteiger partial charge in [-0.15, -0.1) is 0 Å². The predicted molar refractivity (Wildman–Crippen MR) is 124 cm³/mol. The van der Waals surface area contributed by atoms with Gasteiger partial charge in [0.2, 0.25) is 0 Å². The number of hydrogen-bond acceptors (Lipinski definition) is 7. The Labute approximate surface area is 191 Å². The van der Waals surface area contributed by atoms with Crippen LogP contribution >= 0.6 is 10.6 Å². The second kappa shape index (κ2) is 7.79. The molecular formula is C22H24FN7O2S. The van der Waals surface area contributed by atoms with Crippen molar-refractivity contribution in [1.29, 1.82) is 0 Å². The van der Waals surface area contributed by atoms with Gasteiger partial charge in [0.1, 0.15) is 24.5 Å².